The molecule has 2 unspecified atom stereocenters. The molecule has 1 aliphatic heterocycles. The van der Waals surface area contributed by atoms with Crippen molar-refractivity contribution in [2.24, 2.45) is 11.8 Å². The van der Waals surface area contributed by atoms with Crippen LogP contribution in [0, 0.1) is 11.8 Å². The van der Waals surface area contributed by atoms with Crippen molar-refractivity contribution in [3.63, 3.8) is 0 Å². The monoisotopic (exact) mass is 280 g/mol. The molecule has 1 aliphatic carbocycles. The maximum Gasteiger partial charge on any atom is 0.308 e. The molecule has 2 aliphatic rings. The van der Waals surface area contributed by atoms with Gasteiger partial charge in [-0.1, -0.05) is 0 Å². The van der Waals surface area contributed by atoms with Crippen molar-refractivity contribution in [2.75, 3.05) is 24.5 Å². The summed E-state index contributed by atoms with van der Waals surface area (Å²) in [6.07, 6.45) is 3.41. The van der Waals surface area contributed by atoms with Crippen molar-refractivity contribution in [1.82, 2.24) is 5.32 Å². The van der Waals surface area contributed by atoms with Crippen LogP contribution in [0.25, 0.3) is 0 Å². The van der Waals surface area contributed by atoms with Crippen molar-refractivity contribution >= 4 is 23.0 Å². The van der Waals surface area contributed by atoms with Crippen LogP contribution >= 0.6 is 11.3 Å². The largest absolute Gasteiger partial charge is 0.481 e. The van der Waals surface area contributed by atoms with Gasteiger partial charge >= 0.3 is 5.97 Å². The molecular formula is C14H20N2O2S. The summed E-state index contributed by atoms with van der Waals surface area (Å²) in [6, 6.07) is 2.38. The van der Waals surface area contributed by atoms with Gasteiger partial charge in [0, 0.05) is 30.2 Å². The second kappa shape index (κ2) is 5.51. The Balaban J connectivity index is 1.64. The average molecular weight is 280 g/mol. The van der Waals surface area contributed by atoms with E-state index in [0.717, 1.165) is 31.1 Å². The lowest BCUT2D eigenvalue weighted by molar-refractivity contribution is -0.142. The molecule has 2 N–H and O–H groups in total. The third kappa shape index (κ3) is 3.28. The van der Waals surface area contributed by atoms with Crippen LogP contribution in [-0.2, 0) is 4.79 Å². The van der Waals surface area contributed by atoms with Gasteiger partial charge in [0.05, 0.1) is 5.92 Å². The van der Waals surface area contributed by atoms with Crippen LogP contribution in [-0.4, -0.2) is 36.8 Å². The van der Waals surface area contributed by atoms with Crippen LogP contribution in [0.5, 0.6) is 0 Å². The molecule has 0 radical (unpaired) electrons. The Labute approximate surface area is 117 Å². The molecule has 2 heterocycles. The summed E-state index contributed by atoms with van der Waals surface area (Å²) in [7, 11) is 0. The van der Waals surface area contributed by atoms with Gasteiger partial charge in [-0.05, 0) is 43.2 Å². The van der Waals surface area contributed by atoms with Crippen LogP contribution in [0.1, 0.15) is 19.3 Å². The SMILES string of the molecule is O=C(O)C1CC(NCC2CC2)CN(c2ccsc2)C1. The molecule has 2 fully saturated rings. The first-order valence-corrected chi connectivity index (χ1v) is 7.90. The van der Waals surface area contributed by atoms with Gasteiger partial charge in [0.1, 0.15) is 0 Å². The van der Waals surface area contributed by atoms with Crippen LogP contribution in [0.4, 0.5) is 5.69 Å². The van der Waals surface area contributed by atoms with Gasteiger partial charge in [-0.25, -0.2) is 0 Å². The lowest BCUT2D eigenvalue weighted by Gasteiger charge is -2.37. The van der Waals surface area contributed by atoms with E-state index in [1.807, 2.05) is 5.38 Å². The fourth-order valence-electron chi connectivity index (χ4n) is 2.73. The first-order chi connectivity index (χ1) is 9.22. The normalized spacial score (nSPS) is 27.5. The number of anilines is 1. The highest BCUT2D eigenvalue weighted by atomic mass is 32.1. The van der Waals surface area contributed by atoms with E-state index in [4.69, 9.17) is 0 Å². The minimum atomic E-state index is -0.668. The number of carboxylic acid groups (broad SMARTS) is 1. The number of carbonyl (C=O) groups is 1. The van der Waals surface area contributed by atoms with Gasteiger partial charge < -0.3 is 15.3 Å². The Morgan fingerprint density at radius 3 is 2.95 bits per heavy atom. The Kier molecular flexibility index (Phi) is 3.75. The maximum atomic E-state index is 11.3. The highest BCUT2D eigenvalue weighted by Gasteiger charge is 2.32. The molecule has 0 aromatic carbocycles. The Bertz CT molecular complexity index is 431. The Morgan fingerprint density at radius 1 is 1.47 bits per heavy atom. The summed E-state index contributed by atoms with van der Waals surface area (Å²) in [6.45, 7) is 2.61. The van der Waals surface area contributed by atoms with Gasteiger partial charge in [0.15, 0.2) is 0 Å². The lowest BCUT2D eigenvalue weighted by atomic mass is 9.94. The van der Waals surface area contributed by atoms with E-state index in [0.29, 0.717) is 12.6 Å². The topological polar surface area (TPSA) is 52.6 Å². The van der Waals surface area contributed by atoms with Crippen molar-refractivity contribution < 1.29 is 9.90 Å². The fourth-order valence-corrected chi connectivity index (χ4v) is 3.39. The number of carboxylic acids is 1. The number of nitrogens with zero attached hydrogens (tertiary/aromatic N) is 1. The zero-order chi connectivity index (χ0) is 13.2. The highest BCUT2D eigenvalue weighted by molar-refractivity contribution is 7.08. The molecule has 1 aromatic rings. The van der Waals surface area contributed by atoms with Gasteiger partial charge in [-0.2, -0.15) is 11.3 Å². The third-order valence-electron chi connectivity index (χ3n) is 4.06. The van der Waals surface area contributed by atoms with E-state index in [1.54, 1.807) is 11.3 Å². The molecule has 0 spiro atoms. The molecule has 0 bridgehead atoms. The number of thiophene rings is 1. The fraction of sp³-hybridized carbons (Fsp3) is 0.643. The van der Waals surface area contributed by atoms with Gasteiger partial charge in [-0.15, -0.1) is 0 Å². The summed E-state index contributed by atoms with van der Waals surface area (Å²) in [5.74, 6) is -0.0942. The number of hydrogen-bond acceptors (Lipinski definition) is 4. The number of hydrogen-bond donors (Lipinski definition) is 2. The average Bonchev–Trinajstić information content (AvgIpc) is 3.07. The van der Waals surface area contributed by atoms with Crippen LogP contribution < -0.4 is 10.2 Å². The first-order valence-electron chi connectivity index (χ1n) is 6.95. The quantitative estimate of drug-likeness (QED) is 0.866. The number of rotatable bonds is 5. The summed E-state index contributed by atoms with van der Waals surface area (Å²) in [5, 5.41) is 17.0. The molecule has 5 heteroatoms. The minimum absolute atomic E-state index is 0.259. The molecule has 19 heavy (non-hydrogen) atoms. The smallest absolute Gasteiger partial charge is 0.308 e. The Hall–Kier alpha value is -1.07. The second-order valence-corrected chi connectivity index (χ2v) is 6.49. The van der Waals surface area contributed by atoms with E-state index in [1.165, 1.54) is 12.8 Å². The third-order valence-corrected chi connectivity index (χ3v) is 4.73. The van der Waals surface area contributed by atoms with Crippen molar-refractivity contribution in [3.8, 4) is 0 Å². The standard InChI is InChI=1S/C14H20N2O2S/c17-14(18)11-5-12(15-6-10-1-2-10)8-16(7-11)13-3-4-19-9-13/h3-4,9-12,15H,1-2,5-8H2,(H,17,18). The van der Waals surface area contributed by atoms with Gasteiger partial charge in [-0.3, -0.25) is 4.79 Å². The van der Waals surface area contributed by atoms with E-state index >= 15 is 0 Å². The summed E-state index contributed by atoms with van der Waals surface area (Å²) in [4.78, 5) is 13.5. The van der Waals surface area contributed by atoms with Gasteiger partial charge in [0.2, 0.25) is 0 Å². The first kappa shape index (κ1) is 12.9. The maximum absolute atomic E-state index is 11.3. The molecule has 1 aromatic heterocycles. The van der Waals surface area contributed by atoms with E-state index in [9.17, 15) is 9.90 Å². The minimum Gasteiger partial charge on any atom is -0.481 e. The summed E-state index contributed by atoms with van der Waals surface area (Å²) < 4.78 is 0. The second-order valence-electron chi connectivity index (χ2n) is 5.71. The predicted molar refractivity (Wildman–Crippen MR) is 76.8 cm³/mol. The number of nitrogens with one attached hydrogen (secondary N) is 1. The van der Waals surface area contributed by atoms with Crippen molar-refractivity contribution in [3.05, 3.63) is 16.8 Å². The molecule has 1 saturated carbocycles. The highest BCUT2D eigenvalue weighted by Crippen LogP contribution is 2.29. The zero-order valence-corrected chi connectivity index (χ0v) is 11.7. The zero-order valence-electron chi connectivity index (χ0n) is 10.9. The molecule has 3 rings (SSSR count). The van der Waals surface area contributed by atoms with Gasteiger partial charge in [0.25, 0.3) is 0 Å². The predicted octanol–water partition coefficient (Wildman–Crippen LogP) is 2.03. The number of piperidine rings is 1. The molecule has 1 saturated heterocycles. The van der Waals surface area contributed by atoms with Crippen molar-refractivity contribution in [2.45, 2.75) is 25.3 Å². The van der Waals surface area contributed by atoms with E-state index in [2.05, 4.69) is 21.7 Å². The van der Waals surface area contributed by atoms with E-state index < -0.39 is 5.97 Å². The van der Waals surface area contributed by atoms with Crippen LogP contribution in [0.15, 0.2) is 16.8 Å². The van der Waals surface area contributed by atoms with Crippen LogP contribution in [0.2, 0.25) is 0 Å². The van der Waals surface area contributed by atoms with E-state index in [-0.39, 0.29) is 5.92 Å². The molecule has 104 valence electrons. The molecular weight excluding hydrogens is 260 g/mol. The van der Waals surface area contributed by atoms with Crippen molar-refractivity contribution in [1.29, 1.82) is 0 Å². The Morgan fingerprint density at radius 2 is 2.32 bits per heavy atom. The number of aliphatic carboxylic acids is 1. The molecule has 0 amide bonds. The van der Waals surface area contributed by atoms with Crippen LogP contribution in [0.3, 0.4) is 0 Å². The molecule has 4 nitrogen and oxygen atoms in total. The molecule has 2 atom stereocenters. The summed E-state index contributed by atoms with van der Waals surface area (Å²) >= 11 is 1.66. The lowest BCUT2D eigenvalue weighted by Crippen LogP contribution is -2.51. The summed E-state index contributed by atoms with van der Waals surface area (Å²) in [5.41, 5.74) is 1.16.